The third-order valence-electron chi connectivity index (χ3n) is 3.07. The van der Waals surface area contributed by atoms with Gasteiger partial charge < -0.3 is 4.90 Å². The molecule has 0 bridgehead atoms. The third-order valence-corrected chi connectivity index (χ3v) is 3.55. The number of carbonyl (C=O) groups is 1. The van der Waals surface area contributed by atoms with E-state index in [1.54, 1.807) is 0 Å². The van der Waals surface area contributed by atoms with Crippen LogP contribution in [0.1, 0.15) is 32.6 Å². The van der Waals surface area contributed by atoms with E-state index in [-0.39, 0.29) is 5.91 Å². The third kappa shape index (κ3) is 2.70. The Morgan fingerprint density at radius 3 is 2.62 bits per heavy atom. The Labute approximate surface area is 88.8 Å². The monoisotopic (exact) mass is 247 g/mol. The summed E-state index contributed by atoms with van der Waals surface area (Å²) in [5.74, 6) is 0.875. The van der Waals surface area contributed by atoms with Crippen LogP contribution in [0.2, 0.25) is 0 Å². The average molecular weight is 248 g/mol. The van der Waals surface area contributed by atoms with Gasteiger partial charge in [0.15, 0.2) is 0 Å². The second-order valence-corrected chi connectivity index (χ2v) is 4.53. The van der Waals surface area contributed by atoms with Gasteiger partial charge in [0, 0.05) is 13.1 Å². The molecule has 2 atom stereocenters. The largest absolute Gasteiger partial charge is 0.342 e. The maximum atomic E-state index is 11.4. The minimum Gasteiger partial charge on any atom is -0.342 e. The van der Waals surface area contributed by atoms with Crippen LogP contribution in [-0.4, -0.2) is 29.2 Å². The summed E-state index contributed by atoms with van der Waals surface area (Å²) >= 11 is 3.21. The highest BCUT2D eigenvalue weighted by Crippen LogP contribution is 2.27. The predicted molar refractivity (Wildman–Crippen MR) is 58.0 cm³/mol. The molecule has 0 aromatic heterocycles. The van der Waals surface area contributed by atoms with E-state index >= 15 is 0 Å². The molecule has 1 rings (SSSR count). The molecule has 0 radical (unpaired) electrons. The molecule has 1 aliphatic carbocycles. The summed E-state index contributed by atoms with van der Waals surface area (Å²) in [6.45, 7) is 2.25. The number of hydrogen-bond acceptors (Lipinski definition) is 1. The van der Waals surface area contributed by atoms with Gasteiger partial charge in [-0.05, 0) is 18.8 Å². The topological polar surface area (TPSA) is 20.3 Å². The molecule has 1 saturated carbocycles. The van der Waals surface area contributed by atoms with Crippen molar-refractivity contribution in [1.29, 1.82) is 0 Å². The molecule has 0 aromatic rings. The van der Waals surface area contributed by atoms with Gasteiger partial charge in [-0.2, -0.15) is 0 Å². The van der Waals surface area contributed by atoms with Crippen molar-refractivity contribution < 1.29 is 4.79 Å². The maximum absolute atomic E-state index is 11.4. The first-order valence-electron chi connectivity index (χ1n) is 4.98. The van der Waals surface area contributed by atoms with Crippen LogP contribution in [0.4, 0.5) is 0 Å². The summed E-state index contributed by atoms with van der Waals surface area (Å²) < 4.78 is 0. The van der Waals surface area contributed by atoms with E-state index in [9.17, 15) is 4.79 Å². The standard InChI is InChI=1S/C10H18BrNO/c1-8-5-3-4-6-9(8)12(2)10(13)7-11/h8-9H,3-7H2,1-2H3. The number of hydrogen-bond donors (Lipinski definition) is 0. The molecule has 1 amide bonds. The lowest BCUT2D eigenvalue weighted by Crippen LogP contribution is -2.43. The molecule has 76 valence electrons. The van der Waals surface area contributed by atoms with Crippen molar-refractivity contribution in [1.82, 2.24) is 4.90 Å². The highest BCUT2D eigenvalue weighted by atomic mass is 79.9. The van der Waals surface area contributed by atoms with Crippen molar-refractivity contribution in [2.75, 3.05) is 12.4 Å². The Kier molecular flexibility index (Phi) is 4.23. The first-order valence-corrected chi connectivity index (χ1v) is 6.10. The van der Waals surface area contributed by atoms with Crippen LogP contribution in [0.5, 0.6) is 0 Å². The predicted octanol–water partition coefficient (Wildman–Crippen LogP) is 2.42. The number of amides is 1. The average Bonchev–Trinajstić information content (AvgIpc) is 2.16. The van der Waals surface area contributed by atoms with Gasteiger partial charge in [-0.1, -0.05) is 35.7 Å². The fourth-order valence-electron chi connectivity index (χ4n) is 2.15. The van der Waals surface area contributed by atoms with Gasteiger partial charge in [0.05, 0.1) is 5.33 Å². The molecule has 1 aliphatic rings. The number of alkyl halides is 1. The Hall–Kier alpha value is -0.0500. The van der Waals surface area contributed by atoms with Crippen LogP contribution in [0.15, 0.2) is 0 Å². The molecule has 13 heavy (non-hydrogen) atoms. The number of rotatable bonds is 2. The second kappa shape index (κ2) is 4.99. The number of nitrogens with zero attached hydrogens (tertiary/aromatic N) is 1. The van der Waals surface area contributed by atoms with Crippen molar-refractivity contribution in [3.63, 3.8) is 0 Å². The van der Waals surface area contributed by atoms with Crippen molar-refractivity contribution in [2.24, 2.45) is 5.92 Å². The lowest BCUT2D eigenvalue weighted by molar-refractivity contribution is -0.130. The van der Waals surface area contributed by atoms with Crippen LogP contribution in [0.25, 0.3) is 0 Å². The van der Waals surface area contributed by atoms with Crippen molar-refractivity contribution >= 4 is 21.8 Å². The van der Waals surface area contributed by atoms with E-state index < -0.39 is 0 Å². The van der Waals surface area contributed by atoms with E-state index in [1.807, 2.05) is 11.9 Å². The molecule has 2 unspecified atom stereocenters. The van der Waals surface area contributed by atoms with Crippen LogP contribution in [0, 0.1) is 5.92 Å². The van der Waals surface area contributed by atoms with Gasteiger partial charge in [0.2, 0.25) is 5.91 Å². The van der Waals surface area contributed by atoms with Crippen molar-refractivity contribution in [2.45, 2.75) is 38.6 Å². The molecular formula is C10H18BrNO. The highest BCUT2D eigenvalue weighted by molar-refractivity contribution is 9.09. The summed E-state index contributed by atoms with van der Waals surface area (Å²) in [5, 5.41) is 0.451. The second-order valence-electron chi connectivity index (χ2n) is 3.97. The first kappa shape index (κ1) is 11.0. The number of carbonyl (C=O) groups excluding carboxylic acids is 1. The molecule has 3 heteroatoms. The fourth-order valence-corrected chi connectivity index (χ4v) is 2.55. The summed E-state index contributed by atoms with van der Waals surface area (Å²) in [7, 11) is 1.93. The summed E-state index contributed by atoms with van der Waals surface area (Å²) in [4.78, 5) is 13.4. The molecular weight excluding hydrogens is 230 g/mol. The summed E-state index contributed by atoms with van der Waals surface area (Å²) in [6, 6.07) is 0.471. The minimum absolute atomic E-state index is 0.207. The normalized spacial score (nSPS) is 28.5. The van der Waals surface area contributed by atoms with Gasteiger partial charge in [0.1, 0.15) is 0 Å². The summed E-state index contributed by atoms with van der Waals surface area (Å²) in [5.41, 5.74) is 0. The molecule has 1 fully saturated rings. The SMILES string of the molecule is CC1CCCCC1N(C)C(=O)CBr. The van der Waals surface area contributed by atoms with Crippen molar-refractivity contribution in [3.05, 3.63) is 0 Å². The van der Waals surface area contributed by atoms with E-state index in [0.717, 1.165) is 0 Å². The lowest BCUT2D eigenvalue weighted by atomic mass is 9.85. The van der Waals surface area contributed by atoms with Crippen LogP contribution < -0.4 is 0 Å². The Balaban J connectivity index is 2.53. The Bertz CT molecular complexity index is 184. The van der Waals surface area contributed by atoms with Gasteiger partial charge in [-0.15, -0.1) is 0 Å². The van der Waals surface area contributed by atoms with Crippen LogP contribution in [0.3, 0.4) is 0 Å². The van der Waals surface area contributed by atoms with Gasteiger partial charge in [-0.25, -0.2) is 0 Å². The zero-order valence-electron chi connectivity index (χ0n) is 8.42. The quantitative estimate of drug-likeness (QED) is 0.687. The smallest absolute Gasteiger partial charge is 0.233 e. The summed E-state index contributed by atoms with van der Waals surface area (Å²) in [6.07, 6.45) is 5.05. The molecule has 0 N–H and O–H groups in total. The Morgan fingerprint density at radius 1 is 1.46 bits per heavy atom. The Morgan fingerprint density at radius 2 is 2.08 bits per heavy atom. The van der Waals surface area contributed by atoms with Gasteiger partial charge in [-0.3, -0.25) is 4.79 Å². The zero-order chi connectivity index (χ0) is 9.84. The van der Waals surface area contributed by atoms with Crippen LogP contribution >= 0.6 is 15.9 Å². The molecule has 2 nitrogen and oxygen atoms in total. The van der Waals surface area contributed by atoms with Crippen molar-refractivity contribution in [3.8, 4) is 0 Å². The molecule has 0 heterocycles. The van der Waals surface area contributed by atoms with E-state index in [2.05, 4.69) is 22.9 Å². The first-order chi connectivity index (χ1) is 6.16. The van der Waals surface area contributed by atoms with Gasteiger partial charge >= 0.3 is 0 Å². The zero-order valence-corrected chi connectivity index (χ0v) is 10.0. The number of halogens is 1. The lowest BCUT2D eigenvalue weighted by Gasteiger charge is -2.36. The van der Waals surface area contributed by atoms with Gasteiger partial charge in [0.25, 0.3) is 0 Å². The van der Waals surface area contributed by atoms with E-state index in [1.165, 1.54) is 25.7 Å². The maximum Gasteiger partial charge on any atom is 0.233 e. The van der Waals surface area contributed by atoms with E-state index in [4.69, 9.17) is 0 Å². The minimum atomic E-state index is 0.207. The van der Waals surface area contributed by atoms with Crippen LogP contribution in [-0.2, 0) is 4.79 Å². The molecule has 0 aliphatic heterocycles. The fraction of sp³-hybridized carbons (Fsp3) is 0.900. The highest BCUT2D eigenvalue weighted by Gasteiger charge is 2.26. The molecule has 0 spiro atoms. The molecule has 0 aromatic carbocycles. The van der Waals surface area contributed by atoms with E-state index in [0.29, 0.717) is 17.3 Å². The molecule has 0 saturated heterocycles.